The van der Waals surface area contributed by atoms with E-state index in [2.05, 4.69) is 102 Å². The molecule has 9 rings (SSSR count). The average Bonchev–Trinajstić information content (AvgIpc) is 3.59. The van der Waals surface area contributed by atoms with E-state index in [-0.39, 0.29) is 0 Å². The predicted octanol–water partition coefficient (Wildman–Crippen LogP) is 9.96. The summed E-state index contributed by atoms with van der Waals surface area (Å²) >= 11 is 0. The molecule has 0 saturated carbocycles. The van der Waals surface area contributed by atoms with Crippen LogP contribution in [0, 0.1) is 0 Å². The molecule has 0 aliphatic carbocycles. The van der Waals surface area contributed by atoms with Gasteiger partial charge in [-0.05, 0) is 52.2 Å². The van der Waals surface area contributed by atoms with E-state index in [1.807, 2.05) is 42.5 Å². The molecule has 3 heterocycles. The van der Waals surface area contributed by atoms with Gasteiger partial charge in [-0.3, -0.25) is 4.57 Å². The molecule has 0 aliphatic rings. The van der Waals surface area contributed by atoms with Gasteiger partial charge in [-0.2, -0.15) is 4.98 Å². The van der Waals surface area contributed by atoms with Crippen LogP contribution in [0.2, 0.25) is 0 Å². The van der Waals surface area contributed by atoms with Crippen LogP contribution in [0.5, 0.6) is 0 Å². The van der Waals surface area contributed by atoms with Crippen molar-refractivity contribution in [2.24, 2.45) is 0 Å². The molecule has 9 aromatic rings. The molecule has 0 atom stereocenters. The molecule has 0 amide bonds. The Kier molecular flexibility index (Phi) is 4.87. The number of furan rings is 1. The van der Waals surface area contributed by atoms with Crippen molar-refractivity contribution < 1.29 is 4.42 Å². The van der Waals surface area contributed by atoms with E-state index in [1.165, 1.54) is 21.5 Å². The number of hydrogen-bond acceptors (Lipinski definition) is 3. The van der Waals surface area contributed by atoms with Crippen LogP contribution in [-0.2, 0) is 0 Å². The Morgan fingerprint density at radius 1 is 0.476 bits per heavy atom. The van der Waals surface area contributed by atoms with Crippen LogP contribution in [0.4, 0.5) is 0 Å². The molecule has 4 heteroatoms. The molecule has 42 heavy (non-hydrogen) atoms. The van der Waals surface area contributed by atoms with Crippen LogP contribution in [0.25, 0.3) is 83.0 Å². The number of rotatable bonds is 3. The van der Waals surface area contributed by atoms with Crippen molar-refractivity contribution in [3.8, 4) is 28.3 Å². The Balaban J connectivity index is 1.45. The number of fused-ring (bicyclic) bond motifs is 7. The maximum atomic E-state index is 6.47. The number of aromatic nitrogens is 3. The third-order valence-electron chi connectivity index (χ3n) is 8.20. The fourth-order valence-corrected chi connectivity index (χ4v) is 6.23. The monoisotopic (exact) mass is 537 g/mol. The standard InChI is InChI=1S/C38H23N3O/c1-3-11-24(12-4-1)28-19-20-34-31(22-28)35-37(39-36(40-38(35)42-34)25-13-5-2-6-14-25)41-32-18-10-9-17-29(32)30-21-26-15-7-8-16-27(26)23-33(30)41/h1-23H. The molecule has 0 unspecified atom stereocenters. The fourth-order valence-electron chi connectivity index (χ4n) is 6.23. The van der Waals surface area contributed by atoms with Crippen LogP contribution in [0.1, 0.15) is 0 Å². The van der Waals surface area contributed by atoms with Gasteiger partial charge in [0.1, 0.15) is 5.58 Å². The summed E-state index contributed by atoms with van der Waals surface area (Å²) in [5.41, 5.74) is 6.77. The smallest absolute Gasteiger partial charge is 0.233 e. The zero-order valence-electron chi connectivity index (χ0n) is 22.5. The van der Waals surface area contributed by atoms with E-state index in [0.717, 1.165) is 49.9 Å². The van der Waals surface area contributed by atoms with Gasteiger partial charge >= 0.3 is 0 Å². The van der Waals surface area contributed by atoms with Crippen LogP contribution >= 0.6 is 0 Å². The summed E-state index contributed by atoms with van der Waals surface area (Å²) in [6, 6.07) is 48.6. The van der Waals surface area contributed by atoms with Gasteiger partial charge in [0.2, 0.25) is 5.71 Å². The lowest BCUT2D eigenvalue weighted by Gasteiger charge is -2.11. The fraction of sp³-hybridized carbons (Fsp3) is 0. The topological polar surface area (TPSA) is 43.9 Å². The van der Waals surface area contributed by atoms with Gasteiger partial charge in [-0.15, -0.1) is 0 Å². The second kappa shape index (κ2) is 8.88. The lowest BCUT2D eigenvalue weighted by atomic mass is 10.0. The van der Waals surface area contributed by atoms with Gasteiger partial charge in [0.25, 0.3) is 0 Å². The summed E-state index contributed by atoms with van der Waals surface area (Å²) in [5.74, 6) is 1.44. The molecule has 0 N–H and O–H groups in total. The largest absolute Gasteiger partial charge is 0.437 e. The van der Waals surface area contributed by atoms with Crippen LogP contribution in [0.15, 0.2) is 144 Å². The first kappa shape index (κ1) is 23.0. The third-order valence-corrected chi connectivity index (χ3v) is 8.20. The molecular formula is C38H23N3O. The minimum Gasteiger partial charge on any atom is -0.437 e. The minimum atomic E-state index is 0.575. The van der Waals surface area contributed by atoms with Crippen molar-refractivity contribution >= 4 is 54.6 Å². The second-order valence-corrected chi connectivity index (χ2v) is 10.7. The highest BCUT2D eigenvalue weighted by Crippen LogP contribution is 2.40. The van der Waals surface area contributed by atoms with Gasteiger partial charge < -0.3 is 4.42 Å². The molecule has 0 spiro atoms. The Hall–Kier alpha value is -5.74. The van der Waals surface area contributed by atoms with Crippen molar-refractivity contribution in [2.45, 2.75) is 0 Å². The highest BCUT2D eigenvalue weighted by molar-refractivity contribution is 6.16. The summed E-state index contributed by atoms with van der Waals surface area (Å²) in [4.78, 5) is 10.3. The lowest BCUT2D eigenvalue weighted by Crippen LogP contribution is -2.02. The van der Waals surface area contributed by atoms with E-state index < -0.39 is 0 Å². The molecule has 196 valence electrons. The normalized spacial score (nSPS) is 11.8. The Bertz CT molecular complexity index is 2460. The Morgan fingerprint density at radius 2 is 1.17 bits per heavy atom. The molecule has 0 radical (unpaired) electrons. The van der Waals surface area contributed by atoms with Crippen molar-refractivity contribution in [1.29, 1.82) is 0 Å². The minimum absolute atomic E-state index is 0.575. The Labute approximate surface area is 241 Å². The predicted molar refractivity (Wildman–Crippen MR) is 172 cm³/mol. The van der Waals surface area contributed by atoms with Gasteiger partial charge in [0, 0.05) is 21.7 Å². The highest BCUT2D eigenvalue weighted by Gasteiger charge is 2.22. The summed E-state index contributed by atoms with van der Waals surface area (Å²) in [6.45, 7) is 0. The SMILES string of the molecule is c1ccc(-c2ccc3oc4nc(-c5ccccc5)nc(-n5c6ccccc6c6cc7ccccc7cc65)c4c3c2)cc1. The second-order valence-electron chi connectivity index (χ2n) is 10.7. The molecule has 3 aromatic heterocycles. The van der Waals surface area contributed by atoms with Crippen LogP contribution in [-0.4, -0.2) is 14.5 Å². The van der Waals surface area contributed by atoms with E-state index in [0.29, 0.717) is 11.5 Å². The molecule has 0 fully saturated rings. The van der Waals surface area contributed by atoms with E-state index in [1.54, 1.807) is 0 Å². The van der Waals surface area contributed by atoms with Gasteiger partial charge in [-0.1, -0.05) is 109 Å². The van der Waals surface area contributed by atoms with Gasteiger partial charge in [0.15, 0.2) is 11.6 Å². The summed E-state index contributed by atoms with van der Waals surface area (Å²) in [7, 11) is 0. The quantitative estimate of drug-likeness (QED) is 0.225. The molecule has 4 nitrogen and oxygen atoms in total. The molecule has 6 aromatic carbocycles. The molecular weight excluding hydrogens is 514 g/mol. The molecule has 0 saturated heterocycles. The van der Waals surface area contributed by atoms with E-state index in [4.69, 9.17) is 14.4 Å². The highest BCUT2D eigenvalue weighted by atomic mass is 16.3. The zero-order chi connectivity index (χ0) is 27.6. The molecule has 0 aliphatic heterocycles. The maximum absolute atomic E-state index is 6.47. The zero-order valence-corrected chi connectivity index (χ0v) is 22.5. The van der Waals surface area contributed by atoms with Crippen molar-refractivity contribution in [3.63, 3.8) is 0 Å². The average molecular weight is 538 g/mol. The first-order valence-corrected chi connectivity index (χ1v) is 14.1. The van der Waals surface area contributed by atoms with Crippen LogP contribution < -0.4 is 0 Å². The first-order chi connectivity index (χ1) is 20.8. The number of benzene rings is 6. The summed E-state index contributed by atoms with van der Waals surface area (Å²) in [5, 5.41) is 6.67. The van der Waals surface area contributed by atoms with Crippen molar-refractivity contribution in [2.75, 3.05) is 0 Å². The van der Waals surface area contributed by atoms with Crippen LogP contribution in [0.3, 0.4) is 0 Å². The van der Waals surface area contributed by atoms with Gasteiger partial charge in [0.05, 0.1) is 16.4 Å². The first-order valence-electron chi connectivity index (χ1n) is 14.1. The Morgan fingerprint density at radius 3 is 1.98 bits per heavy atom. The van der Waals surface area contributed by atoms with E-state index in [9.17, 15) is 0 Å². The third kappa shape index (κ3) is 3.42. The summed E-state index contributed by atoms with van der Waals surface area (Å²) < 4.78 is 8.76. The number of nitrogens with zero attached hydrogens (tertiary/aromatic N) is 3. The van der Waals surface area contributed by atoms with Crippen molar-refractivity contribution in [3.05, 3.63) is 140 Å². The lowest BCUT2D eigenvalue weighted by molar-refractivity contribution is 0.653. The van der Waals surface area contributed by atoms with Gasteiger partial charge in [-0.25, -0.2) is 4.98 Å². The maximum Gasteiger partial charge on any atom is 0.233 e. The molecule has 0 bridgehead atoms. The van der Waals surface area contributed by atoms with E-state index >= 15 is 0 Å². The number of hydrogen-bond donors (Lipinski definition) is 0. The number of para-hydroxylation sites is 1. The summed E-state index contributed by atoms with van der Waals surface area (Å²) in [6.07, 6.45) is 0. The van der Waals surface area contributed by atoms with Crippen molar-refractivity contribution in [1.82, 2.24) is 14.5 Å².